The van der Waals surface area contributed by atoms with E-state index in [-0.39, 0.29) is 18.3 Å². The number of aryl methyl sites for hydroxylation is 1. The molecule has 0 spiro atoms. The number of rotatable bonds is 3. The van der Waals surface area contributed by atoms with Crippen molar-refractivity contribution >= 4 is 29.2 Å². The number of hydrogen-bond acceptors (Lipinski definition) is 2. The number of nitrogens with one attached hydrogen (secondary N) is 1. The van der Waals surface area contributed by atoms with Gasteiger partial charge in [0, 0.05) is 42.6 Å². The Morgan fingerprint density at radius 2 is 2.00 bits per heavy atom. The highest BCUT2D eigenvalue weighted by molar-refractivity contribution is 5.94. The Kier molecular flexibility index (Phi) is 4.83. The molecule has 0 bridgehead atoms. The monoisotopic (exact) mass is 315 g/mol. The Morgan fingerprint density at radius 1 is 1.23 bits per heavy atom. The second kappa shape index (κ2) is 6.62. The topological polar surface area (TPSA) is 46.9 Å². The SMILES string of the molecule is Cc1c(CNC(=O)c2cccnc2)c2ccccc2n1C.Cl. The van der Waals surface area contributed by atoms with E-state index in [4.69, 9.17) is 0 Å². The van der Waals surface area contributed by atoms with Crippen LogP contribution in [0.3, 0.4) is 0 Å². The molecule has 1 amide bonds. The van der Waals surface area contributed by atoms with Gasteiger partial charge in [0.2, 0.25) is 0 Å². The zero-order valence-corrected chi connectivity index (χ0v) is 13.4. The molecule has 0 aliphatic rings. The standard InChI is InChI=1S/C17H17N3O.ClH/c1-12-15(14-7-3-4-8-16(14)20(12)2)11-19-17(21)13-6-5-9-18-10-13;/h3-10H,11H2,1-2H3,(H,19,21);1H. The fraction of sp³-hybridized carbons (Fsp3) is 0.176. The summed E-state index contributed by atoms with van der Waals surface area (Å²) in [7, 11) is 2.05. The second-order valence-corrected chi connectivity index (χ2v) is 5.06. The highest BCUT2D eigenvalue weighted by Gasteiger charge is 2.12. The molecule has 1 N–H and O–H groups in total. The first kappa shape index (κ1) is 16.0. The molecule has 0 atom stereocenters. The number of pyridine rings is 1. The smallest absolute Gasteiger partial charge is 0.253 e. The molecule has 0 aliphatic heterocycles. The summed E-state index contributed by atoms with van der Waals surface area (Å²) in [6.07, 6.45) is 3.23. The highest BCUT2D eigenvalue weighted by Crippen LogP contribution is 2.24. The number of para-hydroxylation sites is 1. The number of amides is 1. The zero-order valence-electron chi connectivity index (χ0n) is 12.5. The molecule has 3 rings (SSSR count). The highest BCUT2D eigenvalue weighted by atomic mass is 35.5. The molecule has 2 aromatic heterocycles. The van der Waals surface area contributed by atoms with Gasteiger partial charge in [0.05, 0.1) is 5.56 Å². The molecule has 0 radical (unpaired) electrons. The summed E-state index contributed by atoms with van der Waals surface area (Å²) in [6.45, 7) is 2.59. The molecule has 0 saturated heterocycles. The first-order valence-electron chi connectivity index (χ1n) is 6.89. The van der Waals surface area contributed by atoms with E-state index in [1.54, 1.807) is 24.5 Å². The minimum atomic E-state index is -0.101. The van der Waals surface area contributed by atoms with Crippen molar-refractivity contribution in [3.63, 3.8) is 0 Å². The van der Waals surface area contributed by atoms with E-state index in [1.165, 1.54) is 16.6 Å². The van der Waals surface area contributed by atoms with E-state index in [2.05, 4.69) is 33.9 Å². The van der Waals surface area contributed by atoms with E-state index >= 15 is 0 Å². The number of fused-ring (bicyclic) bond motifs is 1. The lowest BCUT2D eigenvalue weighted by molar-refractivity contribution is 0.0950. The molecule has 22 heavy (non-hydrogen) atoms. The number of benzene rings is 1. The third-order valence-corrected chi connectivity index (χ3v) is 3.88. The summed E-state index contributed by atoms with van der Waals surface area (Å²) < 4.78 is 2.15. The zero-order chi connectivity index (χ0) is 14.8. The summed E-state index contributed by atoms with van der Waals surface area (Å²) in [5.41, 5.74) is 4.09. The van der Waals surface area contributed by atoms with Crippen LogP contribution >= 0.6 is 12.4 Å². The van der Waals surface area contributed by atoms with Crippen LogP contribution in [0.2, 0.25) is 0 Å². The summed E-state index contributed by atoms with van der Waals surface area (Å²) in [4.78, 5) is 16.1. The Morgan fingerprint density at radius 3 is 2.73 bits per heavy atom. The van der Waals surface area contributed by atoms with Crippen LogP contribution in [-0.2, 0) is 13.6 Å². The minimum Gasteiger partial charge on any atom is -0.348 e. The first-order chi connectivity index (χ1) is 10.2. The molecule has 2 heterocycles. The van der Waals surface area contributed by atoms with Crippen LogP contribution in [0.4, 0.5) is 0 Å². The van der Waals surface area contributed by atoms with Gasteiger partial charge in [-0.05, 0) is 30.7 Å². The third kappa shape index (κ3) is 2.83. The molecule has 4 nitrogen and oxygen atoms in total. The Bertz CT molecular complexity index is 796. The van der Waals surface area contributed by atoms with Gasteiger partial charge in [-0.2, -0.15) is 0 Å². The van der Waals surface area contributed by atoms with Gasteiger partial charge in [0.25, 0.3) is 5.91 Å². The van der Waals surface area contributed by atoms with Crippen LogP contribution in [-0.4, -0.2) is 15.5 Å². The molecular weight excluding hydrogens is 298 g/mol. The Hall–Kier alpha value is -2.33. The van der Waals surface area contributed by atoms with Crippen LogP contribution < -0.4 is 5.32 Å². The normalized spacial score (nSPS) is 10.3. The van der Waals surface area contributed by atoms with Crippen molar-refractivity contribution in [3.05, 3.63) is 65.6 Å². The van der Waals surface area contributed by atoms with E-state index in [0.717, 1.165) is 5.56 Å². The van der Waals surface area contributed by atoms with Crippen LogP contribution in [0, 0.1) is 6.92 Å². The fourth-order valence-corrected chi connectivity index (χ4v) is 2.59. The van der Waals surface area contributed by atoms with Crippen molar-refractivity contribution in [2.75, 3.05) is 0 Å². The van der Waals surface area contributed by atoms with Gasteiger partial charge >= 0.3 is 0 Å². The Labute approximate surface area is 135 Å². The van der Waals surface area contributed by atoms with Crippen LogP contribution in [0.15, 0.2) is 48.8 Å². The summed E-state index contributed by atoms with van der Waals surface area (Å²) >= 11 is 0. The largest absolute Gasteiger partial charge is 0.348 e. The predicted octanol–water partition coefficient (Wildman–Crippen LogP) is 3.23. The molecule has 114 valence electrons. The van der Waals surface area contributed by atoms with Gasteiger partial charge in [-0.15, -0.1) is 12.4 Å². The molecule has 5 heteroatoms. The van der Waals surface area contributed by atoms with Crippen molar-refractivity contribution in [2.45, 2.75) is 13.5 Å². The maximum Gasteiger partial charge on any atom is 0.253 e. The van der Waals surface area contributed by atoms with Gasteiger partial charge < -0.3 is 9.88 Å². The van der Waals surface area contributed by atoms with Crippen LogP contribution in [0.5, 0.6) is 0 Å². The van der Waals surface area contributed by atoms with Crippen molar-refractivity contribution in [3.8, 4) is 0 Å². The maximum atomic E-state index is 12.1. The van der Waals surface area contributed by atoms with E-state index < -0.39 is 0 Å². The Balaban J connectivity index is 0.00000176. The molecule has 1 aromatic carbocycles. The van der Waals surface area contributed by atoms with E-state index in [9.17, 15) is 4.79 Å². The second-order valence-electron chi connectivity index (χ2n) is 5.06. The van der Waals surface area contributed by atoms with Gasteiger partial charge in [0.15, 0.2) is 0 Å². The lowest BCUT2D eigenvalue weighted by Crippen LogP contribution is -2.23. The third-order valence-electron chi connectivity index (χ3n) is 3.88. The number of aromatic nitrogens is 2. The molecule has 0 aliphatic carbocycles. The molecular formula is C17H18ClN3O. The average Bonchev–Trinajstić information content (AvgIpc) is 2.78. The van der Waals surface area contributed by atoms with Crippen molar-refractivity contribution < 1.29 is 4.79 Å². The van der Waals surface area contributed by atoms with Crippen molar-refractivity contribution in [1.29, 1.82) is 0 Å². The van der Waals surface area contributed by atoms with Crippen molar-refractivity contribution in [2.24, 2.45) is 7.05 Å². The lowest BCUT2D eigenvalue weighted by atomic mass is 10.1. The average molecular weight is 316 g/mol. The molecule has 0 saturated carbocycles. The van der Waals surface area contributed by atoms with E-state index in [1.807, 2.05) is 19.2 Å². The minimum absolute atomic E-state index is 0. The van der Waals surface area contributed by atoms with Crippen LogP contribution in [0.1, 0.15) is 21.6 Å². The fourth-order valence-electron chi connectivity index (χ4n) is 2.59. The number of halogens is 1. The molecule has 0 fully saturated rings. The number of hydrogen-bond donors (Lipinski definition) is 1. The lowest BCUT2D eigenvalue weighted by Gasteiger charge is -2.06. The van der Waals surface area contributed by atoms with Crippen molar-refractivity contribution in [1.82, 2.24) is 14.9 Å². The van der Waals surface area contributed by atoms with Gasteiger partial charge in [-0.1, -0.05) is 18.2 Å². The molecule has 0 unspecified atom stereocenters. The number of nitrogens with zero attached hydrogens (tertiary/aromatic N) is 2. The summed E-state index contributed by atoms with van der Waals surface area (Å²) in [6, 6.07) is 11.8. The summed E-state index contributed by atoms with van der Waals surface area (Å²) in [5.74, 6) is -0.101. The van der Waals surface area contributed by atoms with Crippen LogP contribution in [0.25, 0.3) is 10.9 Å². The summed E-state index contributed by atoms with van der Waals surface area (Å²) in [5, 5.41) is 4.15. The number of carbonyl (C=O) groups excluding carboxylic acids is 1. The number of carbonyl (C=O) groups is 1. The predicted molar refractivity (Wildman–Crippen MR) is 90.3 cm³/mol. The van der Waals surface area contributed by atoms with Gasteiger partial charge in [-0.3, -0.25) is 9.78 Å². The molecule has 3 aromatic rings. The van der Waals surface area contributed by atoms with Gasteiger partial charge in [-0.25, -0.2) is 0 Å². The van der Waals surface area contributed by atoms with E-state index in [0.29, 0.717) is 12.1 Å². The maximum absolute atomic E-state index is 12.1. The van der Waals surface area contributed by atoms with Gasteiger partial charge in [0.1, 0.15) is 0 Å². The first-order valence-corrected chi connectivity index (χ1v) is 6.89. The quantitative estimate of drug-likeness (QED) is 0.806.